The number of para-hydroxylation sites is 2. The van der Waals surface area contributed by atoms with Crippen LogP contribution in [0.2, 0.25) is 0 Å². The Balaban J connectivity index is 1.65. The lowest BCUT2D eigenvalue weighted by Gasteiger charge is -2.39. The molecule has 0 aromatic heterocycles. The smallest absolute Gasteiger partial charge is 0.217 e. The van der Waals surface area contributed by atoms with E-state index < -0.39 is 6.23 Å². The maximum atomic E-state index is 6.62. The van der Waals surface area contributed by atoms with Gasteiger partial charge in [0.25, 0.3) is 0 Å². The van der Waals surface area contributed by atoms with Crippen LogP contribution in [0.1, 0.15) is 42.3 Å². The number of nitrogens with zero attached hydrogens (tertiary/aromatic N) is 2. The molecule has 2 aliphatic rings. The topological polar surface area (TPSA) is 61.8 Å². The minimum Gasteiger partial charge on any atom is -0.497 e. The molecule has 0 spiro atoms. The van der Waals surface area contributed by atoms with Crippen molar-refractivity contribution < 1.29 is 23.7 Å². The van der Waals surface area contributed by atoms with E-state index in [2.05, 4.69) is 12.1 Å². The fraction of sp³-hybridized carbons (Fsp3) is 0.296. The first-order valence-electron chi connectivity index (χ1n) is 11.3. The summed E-state index contributed by atoms with van der Waals surface area (Å²) in [5, 5.41) is 7.07. The second-order valence-corrected chi connectivity index (χ2v) is 8.04. The zero-order valence-electron chi connectivity index (χ0n) is 19.8. The fourth-order valence-electron chi connectivity index (χ4n) is 4.64. The maximum Gasteiger partial charge on any atom is 0.217 e. The number of fused-ring (bicyclic) bond motifs is 3. The van der Waals surface area contributed by atoms with Crippen molar-refractivity contribution in [1.82, 2.24) is 5.01 Å². The highest BCUT2D eigenvalue weighted by Crippen LogP contribution is 2.52. The van der Waals surface area contributed by atoms with Crippen LogP contribution in [0.3, 0.4) is 0 Å². The minimum absolute atomic E-state index is 0.0220. The molecule has 0 saturated heterocycles. The van der Waals surface area contributed by atoms with Gasteiger partial charge >= 0.3 is 0 Å². The molecule has 3 aromatic carbocycles. The van der Waals surface area contributed by atoms with Gasteiger partial charge in [0, 0.05) is 17.5 Å². The highest BCUT2D eigenvalue weighted by Gasteiger charge is 2.43. The van der Waals surface area contributed by atoms with Crippen LogP contribution in [-0.4, -0.2) is 38.7 Å². The van der Waals surface area contributed by atoms with Gasteiger partial charge in [-0.15, -0.1) is 0 Å². The number of hydrogen-bond donors (Lipinski definition) is 0. The van der Waals surface area contributed by atoms with E-state index in [-0.39, 0.29) is 6.04 Å². The summed E-state index contributed by atoms with van der Waals surface area (Å²) in [6.45, 7) is 2.52. The SMILES string of the molecule is CCOc1cccc2c1O[C@H](c1cccc(OC)c1OC)N1N=C(c3cccc(OC)c3)C[C@@H]21. The zero-order chi connectivity index (χ0) is 23.7. The van der Waals surface area contributed by atoms with Gasteiger partial charge in [0.2, 0.25) is 6.23 Å². The Kier molecular flexibility index (Phi) is 5.92. The molecule has 7 heteroatoms. The van der Waals surface area contributed by atoms with Crippen LogP contribution in [0.5, 0.6) is 28.7 Å². The van der Waals surface area contributed by atoms with E-state index in [1.165, 1.54) is 0 Å². The van der Waals surface area contributed by atoms with Crippen LogP contribution in [0.15, 0.2) is 65.8 Å². The van der Waals surface area contributed by atoms with E-state index in [1.54, 1.807) is 21.3 Å². The second kappa shape index (κ2) is 9.17. The van der Waals surface area contributed by atoms with Crippen molar-refractivity contribution in [2.24, 2.45) is 5.10 Å². The van der Waals surface area contributed by atoms with Crippen LogP contribution >= 0.6 is 0 Å². The Morgan fingerprint density at radius 1 is 0.912 bits per heavy atom. The lowest BCUT2D eigenvalue weighted by Crippen LogP contribution is -2.34. The molecular weight excluding hydrogens is 432 g/mol. The predicted molar refractivity (Wildman–Crippen MR) is 129 cm³/mol. The van der Waals surface area contributed by atoms with Crippen molar-refractivity contribution in [3.05, 3.63) is 77.4 Å². The van der Waals surface area contributed by atoms with Gasteiger partial charge in [-0.05, 0) is 37.3 Å². The van der Waals surface area contributed by atoms with Gasteiger partial charge in [-0.3, -0.25) is 0 Å². The molecule has 0 amide bonds. The highest BCUT2D eigenvalue weighted by atomic mass is 16.5. The summed E-state index contributed by atoms with van der Waals surface area (Å²) in [6, 6.07) is 19.8. The molecule has 5 rings (SSSR count). The summed E-state index contributed by atoms with van der Waals surface area (Å²) in [7, 11) is 4.93. The molecular formula is C27H28N2O5. The Hall–Kier alpha value is -3.87. The van der Waals surface area contributed by atoms with Crippen molar-refractivity contribution in [3.63, 3.8) is 0 Å². The molecule has 0 aliphatic carbocycles. The molecule has 0 fully saturated rings. The number of benzene rings is 3. The van der Waals surface area contributed by atoms with Crippen LogP contribution in [0.4, 0.5) is 0 Å². The summed E-state index contributed by atoms with van der Waals surface area (Å²) < 4.78 is 29.3. The molecule has 2 atom stereocenters. The summed E-state index contributed by atoms with van der Waals surface area (Å²) in [4.78, 5) is 0. The molecule has 0 bridgehead atoms. The third-order valence-corrected chi connectivity index (χ3v) is 6.18. The summed E-state index contributed by atoms with van der Waals surface area (Å²) in [6.07, 6.45) is 0.203. The fourth-order valence-corrected chi connectivity index (χ4v) is 4.64. The lowest BCUT2D eigenvalue weighted by molar-refractivity contribution is -0.0226. The largest absolute Gasteiger partial charge is 0.497 e. The number of rotatable bonds is 7. The average Bonchev–Trinajstić information content (AvgIpc) is 3.34. The molecule has 0 saturated carbocycles. The first-order valence-corrected chi connectivity index (χ1v) is 11.3. The molecule has 2 aliphatic heterocycles. The predicted octanol–water partition coefficient (Wildman–Crippen LogP) is 5.35. The Morgan fingerprint density at radius 2 is 1.68 bits per heavy atom. The molecule has 3 aromatic rings. The molecule has 34 heavy (non-hydrogen) atoms. The van der Waals surface area contributed by atoms with E-state index in [4.69, 9.17) is 28.8 Å². The lowest BCUT2D eigenvalue weighted by atomic mass is 9.95. The van der Waals surface area contributed by atoms with Crippen molar-refractivity contribution in [1.29, 1.82) is 0 Å². The van der Waals surface area contributed by atoms with E-state index in [1.807, 2.05) is 60.5 Å². The molecule has 0 N–H and O–H groups in total. The van der Waals surface area contributed by atoms with E-state index >= 15 is 0 Å². The van der Waals surface area contributed by atoms with Crippen LogP contribution in [0.25, 0.3) is 0 Å². The standard InChI is InChI=1S/C27H28N2O5/c1-5-33-24-14-7-11-19-22-16-21(17-9-6-10-18(15-17)30-2)28-29(22)27(34-26(19)24)20-12-8-13-23(31-3)25(20)32-4/h6-15,22,27H,5,16H2,1-4H3/t22-,27+/m0/s1. The molecule has 0 radical (unpaired) electrons. The highest BCUT2D eigenvalue weighted by molar-refractivity contribution is 6.02. The minimum atomic E-state index is -0.521. The van der Waals surface area contributed by atoms with Crippen LogP contribution in [-0.2, 0) is 0 Å². The first-order chi connectivity index (χ1) is 16.7. The van der Waals surface area contributed by atoms with Crippen molar-refractivity contribution in [2.75, 3.05) is 27.9 Å². The zero-order valence-corrected chi connectivity index (χ0v) is 19.8. The van der Waals surface area contributed by atoms with Gasteiger partial charge in [0.15, 0.2) is 23.0 Å². The number of hydrogen-bond acceptors (Lipinski definition) is 7. The van der Waals surface area contributed by atoms with Gasteiger partial charge in [-0.2, -0.15) is 5.10 Å². The van der Waals surface area contributed by atoms with Crippen molar-refractivity contribution in [3.8, 4) is 28.7 Å². The Bertz CT molecular complexity index is 1230. The average molecular weight is 461 g/mol. The summed E-state index contributed by atoms with van der Waals surface area (Å²) in [5.74, 6) is 3.52. The van der Waals surface area contributed by atoms with Crippen molar-refractivity contribution >= 4 is 5.71 Å². The Morgan fingerprint density at radius 3 is 2.41 bits per heavy atom. The van der Waals surface area contributed by atoms with Gasteiger partial charge in [-0.25, -0.2) is 5.01 Å². The van der Waals surface area contributed by atoms with E-state index in [0.717, 1.165) is 46.1 Å². The van der Waals surface area contributed by atoms with Gasteiger partial charge in [-0.1, -0.05) is 30.3 Å². The third kappa shape index (κ3) is 3.67. The maximum absolute atomic E-state index is 6.62. The number of methoxy groups -OCH3 is 3. The quantitative estimate of drug-likeness (QED) is 0.474. The Labute approximate surface area is 199 Å². The number of ether oxygens (including phenoxy) is 5. The third-order valence-electron chi connectivity index (χ3n) is 6.18. The first kappa shape index (κ1) is 21.9. The molecule has 7 nitrogen and oxygen atoms in total. The van der Waals surface area contributed by atoms with Crippen LogP contribution < -0.4 is 23.7 Å². The normalized spacial score (nSPS) is 18.4. The molecule has 2 heterocycles. The number of hydrazone groups is 1. The monoisotopic (exact) mass is 460 g/mol. The second-order valence-electron chi connectivity index (χ2n) is 8.04. The van der Waals surface area contributed by atoms with Gasteiger partial charge in [0.1, 0.15) is 5.75 Å². The van der Waals surface area contributed by atoms with E-state index in [0.29, 0.717) is 18.1 Å². The summed E-state index contributed by atoms with van der Waals surface area (Å²) >= 11 is 0. The van der Waals surface area contributed by atoms with Gasteiger partial charge < -0.3 is 23.7 Å². The molecule has 176 valence electrons. The van der Waals surface area contributed by atoms with Crippen molar-refractivity contribution in [2.45, 2.75) is 25.6 Å². The summed E-state index contributed by atoms with van der Waals surface area (Å²) in [5.41, 5.74) is 3.87. The van der Waals surface area contributed by atoms with E-state index in [9.17, 15) is 0 Å². The molecule has 0 unspecified atom stereocenters. The van der Waals surface area contributed by atoms with Crippen LogP contribution in [0, 0.1) is 0 Å². The van der Waals surface area contributed by atoms with Gasteiger partial charge in [0.05, 0.1) is 45.3 Å².